The predicted octanol–water partition coefficient (Wildman–Crippen LogP) is 4.30. The van der Waals surface area contributed by atoms with Gasteiger partial charge in [-0.3, -0.25) is 14.9 Å². The molecule has 0 saturated heterocycles. The molecule has 3 rings (SSSR count). The minimum atomic E-state index is -1.17. The molecule has 8 heteroatoms. The number of fused-ring (bicyclic) bond motifs is 1. The molecule has 0 bridgehead atoms. The Balaban J connectivity index is 2.06. The lowest BCUT2D eigenvalue weighted by Crippen LogP contribution is -2.52. The minimum absolute atomic E-state index is 0.115. The fourth-order valence-corrected chi connectivity index (χ4v) is 4.60. The zero-order valence-corrected chi connectivity index (χ0v) is 17.5. The fraction of sp³-hybridized carbons (Fsp3) is 0.263. The average molecular weight is 472 g/mol. The standard InChI is InChI=1S/C19H17BrCl2N2O3/c1-2-27-16(25)10-23-19(9-11-4-3-5-12(21)6-11)17-14(20)7-13(22)8-15(17)24-18(19)26/h3-8,23H,2,9-10H2,1H3,(H,24,26). The van der Waals surface area contributed by atoms with Crippen molar-refractivity contribution in [2.24, 2.45) is 0 Å². The molecule has 0 aromatic heterocycles. The number of hydrogen-bond acceptors (Lipinski definition) is 4. The second-order valence-electron chi connectivity index (χ2n) is 6.13. The Morgan fingerprint density at radius 3 is 2.74 bits per heavy atom. The first-order chi connectivity index (χ1) is 12.9. The van der Waals surface area contributed by atoms with Crippen LogP contribution < -0.4 is 10.6 Å². The maximum absolute atomic E-state index is 13.1. The van der Waals surface area contributed by atoms with Crippen LogP contribution in [0.15, 0.2) is 40.9 Å². The number of carbonyl (C=O) groups excluding carboxylic acids is 2. The third-order valence-electron chi connectivity index (χ3n) is 4.32. The number of carbonyl (C=O) groups is 2. The van der Waals surface area contributed by atoms with Crippen LogP contribution in [0, 0.1) is 0 Å². The first kappa shape index (κ1) is 20.1. The van der Waals surface area contributed by atoms with Crippen molar-refractivity contribution in [2.45, 2.75) is 18.9 Å². The van der Waals surface area contributed by atoms with E-state index in [-0.39, 0.29) is 19.1 Å². The lowest BCUT2D eigenvalue weighted by molar-refractivity contribution is -0.142. The normalized spacial score (nSPS) is 18.1. The molecule has 0 saturated carbocycles. The van der Waals surface area contributed by atoms with Gasteiger partial charge in [-0.05, 0) is 36.8 Å². The molecule has 0 aliphatic carbocycles. The lowest BCUT2D eigenvalue weighted by atomic mass is 9.84. The Hall–Kier alpha value is -1.60. The fourth-order valence-electron chi connectivity index (χ4n) is 3.24. The summed E-state index contributed by atoms with van der Waals surface area (Å²) in [5, 5.41) is 7.03. The number of ether oxygens (including phenoxy) is 1. The number of rotatable bonds is 6. The van der Waals surface area contributed by atoms with E-state index in [1.807, 2.05) is 12.1 Å². The molecule has 1 aliphatic heterocycles. The quantitative estimate of drug-likeness (QED) is 0.616. The zero-order valence-electron chi connectivity index (χ0n) is 14.4. The summed E-state index contributed by atoms with van der Waals surface area (Å²) in [6.45, 7) is 1.88. The van der Waals surface area contributed by atoms with E-state index in [1.54, 1.807) is 31.2 Å². The van der Waals surface area contributed by atoms with Crippen LogP contribution in [0.1, 0.15) is 18.1 Å². The van der Waals surface area contributed by atoms with Crippen molar-refractivity contribution in [3.63, 3.8) is 0 Å². The third-order valence-corrected chi connectivity index (χ3v) is 5.39. The first-order valence-corrected chi connectivity index (χ1v) is 9.86. The summed E-state index contributed by atoms with van der Waals surface area (Å²) >= 11 is 15.7. The molecule has 1 atom stereocenters. The van der Waals surface area contributed by atoms with Crippen molar-refractivity contribution in [3.05, 3.63) is 62.0 Å². The Kier molecular flexibility index (Phi) is 6.11. The highest BCUT2D eigenvalue weighted by atomic mass is 79.9. The molecule has 0 radical (unpaired) electrons. The number of amides is 1. The lowest BCUT2D eigenvalue weighted by Gasteiger charge is -2.29. The van der Waals surface area contributed by atoms with Crippen molar-refractivity contribution in [1.82, 2.24) is 5.32 Å². The molecule has 1 aliphatic rings. The van der Waals surface area contributed by atoms with Crippen LogP contribution in [-0.4, -0.2) is 25.0 Å². The number of halogens is 3. The largest absolute Gasteiger partial charge is 0.465 e. The van der Waals surface area contributed by atoms with Crippen LogP contribution in [0.25, 0.3) is 0 Å². The van der Waals surface area contributed by atoms with Gasteiger partial charge in [-0.15, -0.1) is 0 Å². The zero-order chi connectivity index (χ0) is 19.6. The number of benzene rings is 2. The van der Waals surface area contributed by atoms with Gasteiger partial charge < -0.3 is 10.1 Å². The van der Waals surface area contributed by atoms with Gasteiger partial charge in [0.2, 0.25) is 5.91 Å². The molecule has 142 valence electrons. The van der Waals surface area contributed by atoms with E-state index in [9.17, 15) is 9.59 Å². The highest BCUT2D eigenvalue weighted by Gasteiger charge is 2.48. The van der Waals surface area contributed by atoms with Crippen LogP contribution in [0.4, 0.5) is 5.69 Å². The van der Waals surface area contributed by atoms with Crippen LogP contribution in [0.5, 0.6) is 0 Å². The van der Waals surface area contributed by atoms with E-state index in [0.29, 0.717) is 32.2 Å². The van der Waals surface area contributed by atoms with E-state index in [2.05, 4.69) is 26.6 Å². The summed E-state index contributed by atoms with van der Waals surface area (Å²) in [5.41, 5.74) is 0.971. The van der Waals surface area contributed by atoms with Gasteiger partial charge in [-0.25, -0.2) is 0 Å². The summed E-state index contributed by atoms with van der Waals surface area (Å²) in [6.07, 6.45) is 0.298. The Morgan fingerprint density at radius 1 is 1.26 bits per heavy atom. The van der Waals surface area contributed by atoms with Crippen LogP contribution in [0.2, 0.25) is 10.0 Å². The van der Waals surface area contributed by atoms with Crippen molar-refractivity contribution in [2.75, 3.05) is 18.5 Å². The molecule has 0 spiro atoms. The number of esters is 1. The van der Waals surface area contributed by atoms with Gasteiger partial charge in [0.15, 0.2) is 0 Å². The molecule has 1 amide bonds. The van der Waals surface area contributed by atoms with Gasteiger partial charge in [0.25, 0.3) is 0 Å². The smallest absolute Gasteiger partial charge is 0.319 e. The predicted molar refractivity (Wildman–Crippen MR) is 109 cm³/mol. The van der Waals surface area contributed by atoms with Crippen molar-refractivity contribution >= 4 is 56.7 Å². The van der Waals surface area contributed by atoms with Crippen LogP contribution in [0.3, 0.4) is 0 Å². The Morgan fingerprint density at radius 2 is 2.04 bits per heavy atom. The summed E-state index contributed by atoms with van der Waals surface area (Å²) in [4.78, 5) is 25.0. The van der Waals surface area contributed by atoms with E-state index in [1.165, 1.54) is 0 Å². The van der Waals surface area contributed by atoms with Crippen molar-refractivity contribution in [1.29, 1.82) is 0 Å². The molecular weight excluding hydrogens is 455 g/mol. The second kappa shape index (κ2) is 8.19. The van der Waals surface area contributed by atoms with Crippen LogP contribution in [-0.2, 0) is 26.3 Å². The molecule has 2 N–H and O–H groups in total. The number of hydrogen-bond donors (Lipinski definition) is 2. The second-order valence-corrected chi connectivity index (χ2v) is 7.86. The minimum Gasteiger partial charge on any atom is -0.465 e. The molecule has 1 heterocycles. The summed E-state index contributed by atoms with van der Waals surface area (Å²) in [6, 6.07) is 10.7. The molecule has 0 fully saturated rings. The summed E-state index contributed by atoms with van der Waals surface area (Å²) in [7, 11) is 0. The molecule has 1 unspecified atom stereocenters. The van der Waals surface area contributed by atoms with Gasteiger partial charge in [0.05, 0.1) is 13.2 Å². The first-order valence-electron chi connectivity index (χ1n) is 8.32. The van der Waals surface area contributed by atoms with Gasteiger partial charge in [0.1, 0.15) is 5.54 Å². The highest BCUT2D eigenvalue weighted by molar-refractivity contribution is 9.10. The molecule has 2 aromatic carbocycles. The summed E-state index contributed by atoms with van der Waals surface area (Å²) < 4.78 is 5.67. The monoisotopic (exact) mass is 470 g/mol. The maximum atomic E-state index is 13.1. The average Bonchev–Trinajstić information content (AvgIpc) is 2.85. The molecule has 27 heavy (non-hydrogen) atoms. The Bertz CT molecular complexity index is 907. The van der Waals surface area contributed by atoms with Crippen LogP contribution >= 0.6 is 39.1 Å². The van der Waals surface area contributed by atoms with E-state index in [0.717, 1.165) is 5.56 Å². The van der Waals surface area contributed by atoms with Gasteiger partial charge in [-0.1, -0.05) is 51.3 Å². The highest BCUT2D eigenvalue weighted by Crippen LogP contribution is 2.44. The molecular formula is C19H17BrCl2N2O3. The topological polar surface area (TPSA) is 67.4 Å². The number of nitrogens with one attached hydrogen (secondary N) is 2. The van der Waals surface area contributed by atoms with E-state index in [4.69, 9.17) is 27.9 Å². The third kappa shape index (κ3) is 4.14. The van der Waals surface area contributed by atoms with Gasteiger partial charge in [-0.2, -0.15) is 0 Å². The molecule has 5 nitrogen and oxygen atoms in total. The SMILES string of the molecule is CCOC(=O)CNC1(Cc2cccc(Cl)c2)C(=O)Nc2cc(Cl)cc(Br)c21. The van der Waals surface area contributed by atoms with E-state index >= 15 is 0 Å². The maximum Gasteiger partial charge on any atom is 0.319 e. The van der Waals surface area contributed by atoms with Gasteiger partial charge in [0, 0.05) is 32.2 Å². The van der Waals surface area contributed by atoms with Crippen molar-refractivity contribution < 1.29 is 14.3 Å². The van der Waals surface area contributed by atoms with E-state index < -0.39 is 11.5 Å². The number of anilines is 1. The van der Waals surface area contributed by atoms with Gasteiger partial charge >= 0.3 is 5.97 Å². The van der Waals surface area contributed by atoms with Crippen molar-refractivity contribution in [3.8, 4) is 0 Å². The summed E-state index contributed by atoms with van der Waals surface area (Å²) in [5.74, 6) is -0.709. The Labute approximate surface area is 175 Å². The molecule has 2 aromatic rings.